The molecule has 0 aliphatic carbocycles. The summed E-state index contributed by atoms with van der Waals surface area (Å²) in [5.74, 6) is 0.306. The Labute approximate surface area is 134 Å². The average Bonchev–Trinajstić information content (AvgIpc) is 3.04. The summed E-state index contributed by atoms with van der Waals surface area (Å²) in [6.45, 7) is 0. The van der Waals surface area contributed by atoms with E-state index in [4.69, 9.17) is 4.42 Å². The van der Waals surface area contributed by atoms with Crippen LogP contribution < -0.4 is 0 Å². The van der Waals surface area contributed by atoms with Gasteiger partial charge in [0.1, 0.15) is 0 Å². The van der Waals surface area contributed by atoms with Gasteiger partial charge in [0.05, 0.1) is 4.92 Å². The molecule has 1 aromatic heterocycles. The van der Waals surface area contributed by atoms with Crippen LogP contribution in [0.15, 0.2) is 64.2 Å². The van der Waals surface area contributed by atoms with Gasteiger partial charge in [-0.25, -0.2) is 0 Å². The molecule has 0 fully saturated rings. The van der Waals surface area contributed by atoms with Gasteiger partial charge in [-0.3, -0.25) is 14.9 Å². The third kappa shape index (κ3) is 3.43. The van der Waals surface area contributed by atoms with Crippen LogP contribution in [-0.2, 0) is 0 Å². The van der Waals surface area contributed by atoms with Gasteiger partial charge in [-0.15, -0.1) is 10.2 Å². The van der Waals surface area contributed by atoms with Crippen molar-refractivity contribution in [3.63, 3.8) is 0 Å². The van der Waals surface area contributed by atoms with Crippen molar-refractivity contribution in [2.24, 2.45) is 0 Å². The number of nitro benzene ring substituents is 1. The molecule has 0 radical (unpaired) electrons. The molecule has 0 N–H and O–H groups in total. The van der Waals surface area contributed by atoms with Crippen molar-refractivity contribution in [3.8, 4) is 11.5 Å². The van der Waals surface area contributed by atoms with Crippen LogP contribution in [0.1, 0.15) is 10.4 Å². The Balaban J connectivity index is 1.77. The van der Waals surface area contributed by atoms with E-state index in [2.05, 4.69) is 10.2 Å². The summed E-state index contributed by atoms with van der Waals surface area (Å²) < 4.78 is 5.43. The number of rotatable bonds is 4. The van der Waals surface area contributed by atoms with Crippen molar-refractivity contribution in [1.82, 2.24) is 10.2 Å². The first-order valence-electron chi connectivity index (χ1n) is 6.49. The summed E-state index contributed by atoms with van der Waals surface area (Å²) in [6.07, 6.45) is 0. The maximum absolute atomic E-state index is 12.1. The monoisotopic (exact) mass is 327 g/mol. The van der Waals surface area contributed by atoms with Crippen molar-refractivity contribution in [1.29, 1.82) is 0 Å². The minimum atomic E-state index is -0.554. The van der Waals surface area contributed by atoms with E-state index in [1.807, 2.05) is 30.3 Å². The Morgan fingerprint density at radius 3 is 2.61 bits per heavy atom. The van der Waals surface area contributed by atoms with Crippen molar-refractivity contribution in [2.75, 3.05) is 0 Å². The van der Waals surface area contributed by atoms with Crippen LogP contribution in [0.3, 0.4) is 0 Å². The van der Waals surface area contributed by atoms with Gasteiger partial charge in [-0.2, -0.15) is 0 Å². The Hall–Kier alpha value is -3.00. The van der Waals surface area contributed by atoms with Crippen LogP contribution in [0.5, 0.6) is 0 Å². The van der Waals surface area contributed by atoms with Gasteiger partial charge in [-0.1, -0.05) is 24.3 Å². The van der Waals surface area contributed by atoms with Crippen molar-refractivity contribution >= 4 is 22.6 Å². The van der Waals surface area contributed by atoms with Gasteiger partial charge < -0.3 is 4.42 Å². The average molecular weight is 327 g/mol. The Morgan fingerprint density at radius 2 is 1.87 bits per heavy atom. The summed E-state index contributed by atoms with van der Waals surface area (Å²) in [4.78, 5) is 22.3. The minimum Gasteiger partial charge on any atom is -0.411 e. The first kappa shape index (κ1) is 14.9. The molecule has 3 rings (SSSR count). The number of carbonyl (C=O) groups excluding carboxylic acids is 1. The number of hydrogen-bond acceptors (Lipinski definition) is 7. The van der Waals surface area contributed by atoms with Gasteiger partial charge in [0, 0.05) is 35.0 Å². The SMILES string of the molecule is O=C(Sc1nnc(-c2ccccc2)o1)c1cccc([N+](=O)[O-])c1. The molecule has 7 nitrogen and oxygen atoms in total. The quantitative estimate of drug-likeness (QED) is 0.410. The second kappa shape index (κ2) is 6.41. The lowest BCUT2D eigenvalue weighted by atomic mass is 10.2. The lowest BCUT2D eigenvalue weighted by molar-refractivity contribution is -0.384. The van der Waals surface area contributed by atoms with E-state index >= 15 is 0 Å². The Morgan fingerprint density at radius 1 is 1.09 bits per heavy atom. The van der Waals surface area contributed by atoms with Crippen LogP contribution in [0.25, 0.3) is 11.5 Å². The molecule has 23 heavy (non-hydrogen) atoms. The first-order chi connectivity index (χ1) is 11.1. The summed E-state index contributed by atoms with van der Waals surface area (Å²) in [6, 6.07) is 14.6. The van der Waals surface area contributed by atoms with Crippen LogP contribution >= 0.6 is 11.8 Å². The van der Waals surface area contributed by atoms with Crippen molar-refractivity contribution < 1.29 is 14.1 Å². The summed E-state index contributed by atoms with van der Waals surface area (Å²) in [7, 11) is 0. The fourth-order valence-corrected chi connectivity index (χ4v) is 2.44. The fourth-order valence-electron chi connectivity index (χ4n) is 1.83. The molecule has 3 aromatic rings. The molecule has 0 aliphatic rings. The third-order valence-corrected chi connectivity index (χ3v) is 3.66. The zero-order chi connectivity index (χ0) is 16.2. The molecular weight excluding hydrogens is 318 g/mol. The summed E-state index contributed by atoms with van der Waals surface area (Å²) >= 11 is 0.731. The predicted octanol–water partition coefficient (Wildman–Crippen LogP) is 3.58. The van der Waals surface area contributed by atoms with Gasteiger partial charge in [0.2, 0.25) is 11.0 Å². The van der Waals surface area contributed by atoms with E-state index in [0.29, 0.717) is 5.89 Å². The number of nitrogens with zero attached hydrogens (tertiary/aromatic N) is 3. The maximum Gasteiger partial charge on any atom is 0.284 e. The molecule has 0 amide bonds. The van der Waals surface area contributed by atoms with Crippen LogP contribution in [-0.4, -0.2) is 20.2 Å². The summed E-state index contributed by atoms with van der Waals surface area (Å²) in [5.41, 5.74) is 0.797. The smallest absolute Gasteiger partial charge is 0.284 e. The van der Waals surface area contributed by atoms with Crippen LogP contribution in [0, 0.1) is 10.1 Å². The molecule has 8 heteroatoms. The van der Waals surface area contributed by atoms with E-state index in [1.54, 1.807) is 0 Å². The molecule has 0 aliphatic heterocycles. The molecular formula is C15H9N3O4S. The third-order valence-electron chi connectivity index (χ3n) is 2.90. The second-order valence-electron chi connectivity index (χ2n) is 4.44. The minimum absolute atomic E-state index is 0.0837. The number of carbonyl (C=O) groups is 1. The highest BCUT2D eigenvalue weighted by atomic mass is 32.2. The zero-order valence-electron chi connectivity index (χ0n) is 11.6. The number of benzene rings is 2. The molecule has 2 aromatic carbocycles. The number of hydrogen-bond donors (Lipinski definition) is 0. The van der Waals surface area contributed by atoms with E-state index in [-0.39, 0.29) is 16.5 Å². The van der Waals surface area contributed by atoms with E-state index in [1.165, 1.54) is 24.3 Å². The number of nitro groups is 1. The number of non-ortho nitro benzene ring substituents is 1. The molecule has 1 heterocycles. The molecule has 0 bridgehead atoms. The maximum atomic E-state index is 12.1. The highest BCUT2D eigenvalue weighted by Gasteiger charge is 2.17. The Kier molecular flexibility index (Phi) is 4.15. The molecule has 0 spiro atoms. The van der Waals surface area contributed by atoms with E-state index in [9.17, 15) is 14.9 Å². The molecule has 0 atom stereocenters. The molecule has 114 valence electrons. The highest BCUT2D eigenvalue weighted by molar-refractivity contribution is 8.14. The first-order valence-corrected chi connectivity index (χ1v) is 7.31. The van der Waals surface area contributed by atoms with Crippen LogP contribution in [0.4, 0.5) is 5.69 Å². The molecule has 0 saturated heterocycles. The normalized spacial score (nSPS) is 10.4. The van der Waals surface area contributed by atoms with Crippen LogP contribution in [0.2, 0.25) is 0 Å². The van der Waals surface area contributed by atoms with E-state index < -0.39 is 10.0 Å². The molecule has 0 unspecified atom stereocenters. The van der Waals surface area contributed by atoms with Crippen molar-refractivity contribution in [3.05, 3.63) is 70.3 Å². The number of thioether (sulfide) groups is 1. The van der Waals surface area contributed by atoms with Gasteiger partial charge in [0.15, 0.2) is 0 Å². The number of aromatic nitrogens is 2. The fraction of sp³-hybridized carbons (Fsp3) is 0. The van der Waals surface area contributed by atoms with Gasteiger partial charge in [0.25, 0.3) is 10.9 Å². The largest absolute Gasteiger partial charge is 0.411 e. The predicted molar refractivity (Wildman–Crippen MR) is 83.0 cm³/mol. The lowest BCUT2D eigenvalue weighted by Crippen LogP contribution is -1.95. The standard InChI is InChI=1S/C15H9N3O4S/c19-14(11-7-4-8-12(9-11)18(20)21)23-15-17-16-13(22-15)10-5-2-1-3-6-10/h1-9H. The lowest BCUT2D eigenvalue weighted by Gasteiger charge is -1.97. The summed E-state index contributed by atoms with van der Waals surface area (Å²) in [5, 5.41) is 18.1. The molecule has 0 saturated carbocycles. The van der Waals surface area contributed by atoms with Crippen molar-refractivity contribution in [2.45, 2.75) is 5.22 Å². The van der Waals surface area contributed by atoms with Gasteiger partial charge >= 0.3 is 0 Å². The Bertz CT molecular complexity index is 864. The van der Waals surface area contributed by atoms with E-state index in [0.717, 1.165) is 17.3 Å². The zero-order valence-corrected chi connectivity index (χ0v) is 12.4. The second-order valence-corrected chi connectivity index (χ2v) is 5.36. The highest BCUT2D eigenvalue weighted by Crippen LogP contribution is 2.26. The van der Waals surface area contributed by atoms with Gasteiger partial charge in [-0.05, 0) is 18.2 Å². The topological polar surface area (TPSA) is 99.1 Å².